The lowest BCUT2D eigenvalue weighted by atomic mass is 9.94. The molecule has 0 saturated carbocycles. The van der Waals surface area contributed by atoms with Crippen molar-refractivity contribution in [2.75, 3.05) is 17.2 Å². The third-order valence-electron chi connectivity index (χ3n) is 9.19. The first-order valence-electron chi connectivity index (χ1n) is 16.3. The van der Waals surface area contributed by atoms with E-state index in [1.54, 1.807) is 0 Å². The van der Waals surface area contributed by atoms with Crippen LogP contribution in [0.15, 0.2) is 88.4 Å². The van der Waals surface area contributed by atoms with E-state index in [2.05, 4.69) is 81.1 Å². The summed E-state index contributed by atoms with van der Waals surface area (Å²) >= 11 is 7.34. The second-order valence-electron chi connectivity index (χ2n) is 12.1. The lowest BCUT2D eigenvalue weighted by Crippen LogP contribution is -2.23. The van der Waals surface area contributed by atoms with Gasteiger partial charge in [-0.25, -0.2) is 0 Å². The van der Waals surface area contributed by atoms with Gasteiger partial charge in [0.25, 0.3) is 0 Å². The fourth-order valence-electron chi connectivity index (χ4n) is 7.01. The summed E-state index contributed by atoms with van der Waals surface area (Å²) < 4.78 is 8.43. The normalized spacial score (nSPS) is 20.8. The lowest BCUT2D eigenvalue weighted by molar-refractivity contribution is -0.134. The van der Waals surface area contributed by atoms with E-state index in [1.807, 2.05) is 80.8 Å². The van der Waals surface area contributed by atoms with Crippen LogP contribution in [0, 0.1) is 0 Å². The van der Waals surface area contributed by atoms with E-state index in [1.165, 1.54) is 70.3 Å². The molecule has 240 valence electrons. The van der Waals surface area contributed by atoms with Gasteiger partial charge in [-0.2, -0.15) is 0 Å². The summed E-state index contributed by atoms with van der Waals surface area (Å²) in [7, 11) is 3.99. The smallest absolute Gasteiger partial charge is 0.311 e. The van der Waals surface area contributed by atoms with Gasteiger partial charge in [-0.3, -0.25) is 4.79 Å². The van der Waals surface area contributed by atoms with Crippen LogP contribution in [0.4, 0.5) is 5.69 Å². The Morgan fingerprint density at radius 3 is 2.13 bits per heavy atom. The summed E-state index contributed by atoms with van der Waals surface area (Å²) in [5.41, 5.74) is 2.54. The number of hydrogen-bond acceptors (Lipinski definition) is 9. The predicted octanol–water partition coefficient (Wildman–Crippen LogP) is 11.0. The van der Waals surface area contributed by atoms with Gasteiger partial charge >= 0.3 is 5.97 Å². The minimum atomic E-state index is -0.126. The van der Waals surface area contributed by atoms with Crippen LogP contribution in [-0.4, -0.2) is 23.5 Å². The van der Waals surface area contributed by atoms with E-state index in [9.17, 15) is 4.79 Å². The van der Waals surface area contributed by atoms with Crippen LogP contribution in [0.3, 0.4) is 0 Å². The Morgan fingerprint density at radius 1 is 0.766 bits per heavy atom. The second-order valence-corrected chi connectivity index (χ2v) is 19.1. The largest absolute Gasteiger partial charge is 0.427 e. The molecule has 2 unspecified atom stereocenters. The average Bonchev–Trinajstić information content (AvgIpc) is 3.94. The highest BCUT2D eigenvalue weighted by Crippen LogP contribution is 2.43. The Bertz CT molecular complexity index is 1980. The number of carbonyl (C=O) groups excluding carboxylic acids is 1. The molecule has 9 heteroatoms. The van der Waals surface area contributed by atoms with Crippen molar-refractivity contribution in [1.82, 2.24) is 0 Å². The van der Waals surface area contributed by atoms with E-state index >= 15 is 0 Å². The molecular weight excluding hydrogens is 695 g/mol. The minimum Gasteiger partial charge on any atom is -0.427 e. The summed E-state index contributed by atoms with van der Waals surface area (Å²) in [6, 6.07) is 24.6. The van der Waals surface area contributed by atoms with Gasteiger partial charge in [-0.1, -0.05) is 111 Å². The molecule has 0 N–H and O–H groups in total. The Labute approximate surface area is 301 Å². The first-order chi connectivity index (χ1) is 23.2. The summed E-state index contributed by atoms with van der Waals surface area (Å²) in [4.78, 5) is 15.1. The Morgan fingerprint density at radius 2 is 1.45 bits per heavy atom. The van der Waals surface area contributed by atoms with Gasteiger partial charge in [0, 0.05) is 40.1 Å². The average molecular weight is 730 g/mol. The molecule has 4 heterocycles. The van der Waals surface area contributed by atoms with Gasteiger partial charge in [0.2, 0.25) is 0 Å². The number of benzene rings is 4. The number of ether oxygens (including phenoxy) is 1. The zero-order valence-corrected chi connectivity index (χ0v) is 30.8. The zero-order chi connectivity index (χ0) is 31.6. The first-order valence-corrected chi connectivity index (χ1v) is 22.2. The summed E-state index contributed by atoms with van der Waals surface area (Å²) in [6.07, 6.45) is 7.26. The molecule has 47 heavy (non-hydrogen) atoms. The molecule has 0 aliphatic carbocycles. The predicted molar refractivity (Wildman–Crippen MR) is 214 cm³/mol. The first kappa shape index (κ1) is 32.2. The van der Waals surface area contributed by atoms with Crippen LogP contribution in [0.2, 0.25) is 0 Å². The van der Waals surface area contributed by atoms with Crippen molar-refractivity contribution in [1.29, 1.82) is 0 Å². The second kappa shape index (κ2) is 14.9. The molecule has 8 rings (SSSR count). The maximum Gasteiger partial charge on any atom is 0.311 e. The van der Waals surface area contributed by atoms with Crippen LogP contribution in [0.25, 0.3) is 30.0 Å². The van der Waals surface area contributed by atoms with Gasteiger partial charge in [0.15, 0.2) is 0 Å². The number of carbonyl (C=O) groups is 1. The number of esters is 1. The quantitative estimate of drug-likeness (QED) is 0.0578. The van der Waals surface area contributed by atoms with Crippen LogP contribution in [-0.2, 0) is 4.79 Å². The number of unbranched alkanes of at least 4 members (excludes halogenated alkanes) is 1. The molecular formula is C38H35NO2S6. The fraction of sp³-hybridized carbons (Fsp3) is 0.289. The van der Waals surface area contributed by atoms with E-state index in [-0.39, 0.29) is 5.97 Å². The standard InChI is InChI=1S/C38H35NO2S6/c40-34(10-4-1-6-28-17-19-46-47-28)41-27-14-12-26(13-15-27)39-18-5-9-33(39)25-11-16-31-32(24-25)36(38-44-22-23-45-38)30-8-3-2-7-29(30)35(31)37-42-20-21-43-37/h2-3,7-8,11-16,20-24,28,33H,1,4-6,9-10,17-19H2. The third-order valence-corrected chi connectivity index (χ3v) is 16.5. The van der Waals surface area contributed by atoms with Crippen molar-refractivity contribution < 1.29 is 9.53 Å². The lowest BCUT2D eigenvalue weighted by Gasteiger charge is -2.28. The van der Waals surface area contributed by atoms with Crippen molar-refractivity contribution in [3.8, 4) is 5.75 Å². The van der Waals surface area contributed by atoms with Crippen molar-refractivity contribution in [3.05, 3.63) is 104 Å². The molecule has 4 aromatic rings. The van der Waals surface area contributed by atoms with Gasteiger partial charge in [0.1, 0.15) is 5.75 Å². The minimum absolute atomic E-state index is 0.126. The molecule has 0 bridgehead atoms. The Kier molecular flexibility index (Phi) is 10.2. The van der Waals surface area contributed by atoms with Gasteiger partial charge in [0.05, 0.1) is 14.5 Å². The highest BCUT2D eigenvalue weighted by Gasteiger charge is 2.27. The SMILES string of the molecule is O=C(CCCCC1CCSS1)Oc1ccc(N2CCCC2c2ccc3c(=C4SC=CS4)c4ccccc4c(=C4SC=CS4)c3c2)cc1. The number of fused-ring (bicyclic) bond motifs is 2. The van der Waals surface area contributed by atoms with Gasteiger partial charge in [-0.05, 0) is 111 Å². The van der Waals surface area contributed by atoms with Gasteiger partial charge < -0.3 is 9.64 Å². The molecule has 4 aromatic carbocycles. The Balaban J connectivity index is 1.07. The molecule has 4 aliphatic heterocycles. The molecule has 2 saturated heterocycles. The number of rotatable bonds is 8. The summed E-state index contributed by atoms with van der Waals surface area (Å²) in [5, 5.41) is 17.6. The maximum atomic E-state index is 12.5. The number of thioether (sulfide) groups is 4. The van der Waals surface area contributed by atoms with Crippen LogP contribution >= 0.6 is 68.6 Å². The summed E-state index contributed by atoms with van der Waals surface area (Å²) in [5.74, 6) is 1.78. The van der Waals surface area contributed by atoms with Crippen molar-refractivity contribution in [3.63, 3.8) is 0 Å². The third kappa shape index (κ3) is 6.90. The molecule has 2 fully saturated rings. The molecule has 3 nitrogen and oxygen atoms in total. The topological polar surface area (TPSA) is 29.5 Å². The Hall–Kier alpha value is -2.01. The van der Waals surface area contributed by atoms with E-state index in [4.69, 9.17) is 4.74 Å². The number of anilines is 1. The van der Waals surface area contributed by atoms with E-state index in [0.29, 0.717) is 18.2 Å². The molecule has 4 aliphatic rings. The van der Waals surface area contributed by atoms with Crippen LogP contribution in [0.1, 0.15) is 56.6 Å². The van der Waals surface area contributed by atoms with Crippen LogP contribution < -0.4 is 20.1 Å². The maximum absolute atomic E-state index is 12.5. The van der Waals surface area contributed by atoms with E-state index in [0.717, 1.165) is 37.5 Å². The van der Waals surface area contributed by atoms with Crippen LogP contribution in [0.5, 0.6) is 5.75 Å². The highest BCUT2D eigenvalue weighted by molar-refractivity contribution is 8.77. The zero-order valence-electron chi connectivity index (χ0n) is 25.9. The summed E-state index contributed by atoms with van der Waals surface area (Å²) in [6.45, 7) is 1.01. The highest BCUT2D eigenvalue weighted by atomic mass is 33.1. The van der Waals surface area contributed by atoms with Crippen molar-refractivity contribution in [2.45, 2.75) is 56.2 Å². The molecule has 0 spiro atoms. The van der Waals surface area contributed by atoms with Gasteiger partial charge in [-0.15, -0.1) is 0 Å². The van der Waals surface area contributed by atoms with E-state index < -0.39 is 0 Å². The fourth-order valence-corrected chi connectivity index (χ4v) is 13.9. The van der Waals surface area contributed by atoms with Crippen molar-refractivity contribution >= 4 is 110 Å². The molecule has 2 atom stereocenters. The molecule has 0 radical (unpaired) electrons. The molecule has 0 aromatic heterocycles. The number of hydrogen-bond donors (Lipinski definition) is 0. The monoisotopic (exact) mass is 729 g/mol. The van der Waals surface area contributed by atoms with Crippen molar-refractivity contribution in [2.24, 2.45) is 0 Å². The molecule has 0 amide bonds. The number of nitrogens with zero attached hydrogens (tertiary/aromatic N) is 1.